The van der Waals surface area contributed by atoms with Crippen LogP contribution in [0.5, 0.6) is 5.75 Å². The summed E-state index contributed by atoms with van der Waals surface area (Å²) in [6.07, 6.45) is 3.01. The summed E-state index contributed by atoms with van der Waals surface area (Å²) in [4.78, 5) is 12.1. The Morgan fingerprint density at radius 1 is 0.897 bits per heavy atom. The quantitative estimate of drug-likeness (QED) is 0.575. The highest BCUT2D eigenvalue weighted by atomic mass is 32.2. The number of hydrogen-bond donors (Lipinski definition) is 2. The van der Waals surface area contributed by atoms with Gasteiger partial charge in [0.05, 0.1) is 17.7 Å². The second-order valence-corrected chi connectivity index (χ2v) is 7.75. The van der Waals surface area contributed by atoms with Crippen molar-refractivity contribution in [1.29, 1.82) is 0 Å². The van der Waals surface area contributed by atoms with Gasteiger partial charge in [0.25, 0.3) is 10.0 Å². The molecule has 0 aliphatic rings. The van der Waals surface area contributed by atoms with Crippen molar-refractivity contribution in [3.05, 3.63) is 90.5 Å². The third-order valence-corrected chi connectivity index (χ3v) is 5.39. The summed E-state index contributed by atoms with van der Waals surface area (Å²) in [7, 11) is -2.29. The van der Waals surface area contributed by atoms with E-state index in [4.69, 9.17) is 4.74 Å². The van der Waals surface area contributed by atoms with E-state index in [1.807, 2.05) is 18.2 Å². The standard InChI is InChI=1S/C22H20N2O4S/c1-28-21-10-6-5-9-20(21)24-29(26,27)19-14-11-17(12-15-19)13-16-22(25)23-18-7-3-2-4-8-18/h2-16,24H,1H3,(H,23,25)/b16-13+. The Morgan fingerprint density at radius 2 is 1.55 bits per heavy atom. The van der Waals surface area contributed by atoms with E-state index >= 15 is 0 Å². The predicted octanol–water partition coefficient (Wildman–Crippen LogP) is 4.15. The first-order valence-corrected chi connectivity index (χ1v) is 10.3. The topological polar surface area (TPSA) is 84.5 Å². The SMILES string of the molecule is COc1ccccc1NS(=O)(=O)c1ccc(/C=C/C(=O)Nc2ccccc2)cc1. The fraction of sp³-hybridized carbons (Fsp3) is 0.0455. The molecule has 0 spiro atoms. The van der Waals surface area contributed by atoms with Crippen molar-refractivity contribution in [2.45, 2.75) is 4.90 Å². The van der Waals surface area contributed by atoms with Gasteiger partial charge < -0.3 is 10.1 Å². The molecule has 6 nitrogen and oxygen atoms in total. The number of benzene rings is 3. The number of nitrogens with one attached hydrogen (secondary N) is 2. The van der Waals surface area contributed by atoms with Crippen LogP contribution >= 0.6 is 0 Å². The second-order valence-electron chi connectivity index (χ2n) is 6.06. The summed E-state index contributed by atoms with van der Waals surface area (Å²) in [6.45, 7) is 0. The predicted molar refractivity (Wildman–Crippen MR) is 114 cm³/mol. The maximum atomic E-state index is 12.6. The van der Waals surface area contributed by atoms with Gasteiger partial charge in [-0.2, -0.15) is 0 Å². The minimum atomic E-state index is -3.77. The molecule has 0 fully saturated rings. The van der Waals surface area contributed by atoms with E-state index in [0.29, 0.717) is 22.7 Å². The summed E-state index contributed by atoms with van der Waals surface area (Å²) in [5, 5.41) is 2.74. The molecule has 0 saturated carbocycles. The van der Waals surface area contributed by atoms with Gasteiger partial charge >= 0.3 is 0 Å². The molecule has 7 heteroatoms. The molecule has 2 N–H and O–H groups in total. The van der Waals surface area contributed by atoms with E-state index in [0.717, 1.165) is 0 Å². The molecule has 0 saturated heterocycles. The van der Waals surface area contributed by atoms with Gasteiger partial charge in [0, 0.05) is 11.8 Å². The number of ether oxygens (including phenoxy) is 1. The second kappa shape index (κ2) is 9.07. The van der Waals surface area contributed by atoms with Gasteiger partial charge in [-0.15, -0.1) is 0 Å². The molecular weight excluding hydrogens is 388 g/mol. The molecule has 0 bridgehead atoms. The molecule has 0 aliphatic carbocycles. The number of methoxy groups -OCH3 is 1. The maximum Gasteiger partial charge on any atom is 0.262 e. The highest BCUT2D eigenvalue weighted by Gasteiger charge is 2.16. The van der Waals surface area contributed by atoms with Crippen molar-refractivity contribution in [1.82, 2.24) is 0 Å². The zero-order chi connectivity index (χ0) is 20.7. The third kappa shape index (κ3) is 5.46. The molecule has 0 aliphatic heterocycles. The number of rotatable bonds is 7. The lowest BCUT2D eigenvalue weighted by Gasteiger charge is -2.11. The first-order chi connectivity index (χ1) is 14.0. The van der Waals surface area contributed by atoms with Crippen molar-refractivity contribution in [3.8, 4) is 5.75 Å². The first-order valence-electron chi connectivity index (χ1n) is 8.78. The molecule has 29 heavy (non-hydrogen) atoms. The monoisotopic (exact) mass is 408 g/mol. The Bertz CT molecular complexity index is 1110. The summed E-state index contributed by atoms with van der Waals surface area (Å²) < 4.78 is 32.9. The molecule has 0 heterocycles. The number of carbonyl (C=O) groups excluding carboxylic acids is 1. The van der Waals surface area contributed by atoms with Crippen LogP contribution in [-0.2, 0) is 14.8 Å². The fourth-order valence-electron chi connectivity index (χ4n) is 2.57. The molecule has 0 aromatic heterocycles. The molecule has 0 radical (unpaired) electrons. The highest BCUT2D eigenvalue weighted by Crippen LogP contribution is 2.26. The largest absolute Gasteiger partial charge is 0.495 e. The summed E-state index contributed by atoms with van der Waals surface area (Å²) in [5.41, 5.74) is 1.76. The average molecular weight is 408 g/mol. The minimum absolute atomic E-state index is 0.106. The van der Waals surface area contributed by atoms with Crippen molar-refractivity contribution < 1.29 is 17.9 Å². The fourth-order valence-corrected chi connectivity index (χ4v) is 3.64. The summed E-state index contributed by atoms with van der Waals surface area (Å²) in [5.74, 6) is 0.158. The zero-order valence-corrected chi connectivity index (χ0v) is 16.5. The van der Waals surface area contributed by atoms with E-state index in [9.17, 15) is 13.2 Å². The normalized spacial score (nSPS) is 11.2. The Balaban J connectivity index is 1.68. The molecule has 148 valence electrons. The number of para-hydroxylation sites is 3. The Morgan fingerprint density at radius 3 is 2.24 bits per heavy atom. The third-order valence-electron chi connectivity index (χ3n) is 4.01. The van der Waals surface area contributed by atoms with Crippen molar-refractivity contribution in [3.63, 3.8) is 0 Å². The van der Waals surface area contributed by atoms with Crippen LogP contribution < -0.4 is 14.8 Å². The number of sulfonamides is 1. The van der Waals surface area contributed by atoms with Crippen molar-refractivity contribution >= 4 is 33.4 Å². The van der Waals surface area contributed by atoms with E-state index in [1.165, 1.54) is 25.3 Å². The Hall–Kier alpha value is -3.58. The van der Waals surface area contributed by atoms with E-state index in [2.05, 4.69) is 10.0 Å². The van der Waals surface area contributed by atoms with Crippen molar-refractivity contribution in [2.24, 2.45) is 0 Å². The van der Waals surface area contributed by atoms with Gasteiger partial charge in [-0.25, -0.2) is 8.42 Å². The van der Waals surface area contributed by atoms with Crippen LogP contribution in [0.1, 0.15) is 5.56 Å². The molecule has 3 aromatic rings. The van der Waals surface area contributed by atoms with Crippen LogP contribution in [0.4, 0.5) is 11.4 Å². The van der Waals surface area contributed by atoms with Crippen LogP contribution in [-0.4, -0.2) is 21.4 Å². The van der Waals surface area contributed by atoms with Crippen LogP contribution in [0, 0.1) is 0 Å². The lowest BCUT2D eigenvalue weighted by atomic mass is 10.2. The molecule has 3 rings (SSSR count). The lowest BCUT2D eigenvalue weighted by molar-refractivity contribution is -0.111. The lowest BCUT2D eigenvalue weighted by Crippen LogP contribution is -2.13. The smallest absolute Gasteiger partial charge is 0.262 e. The van der Waals surface area contributed by atoms with Crippen molar-refractivity contribution in [2.75, 3.05) is 17.1 Å². The maximum absolute atomic E-state index is 12.6. The van der Waals surface area contributed by atoms with Gasteiger partial charge in [-0.05, 0) is 48.0 Å². The molecular formula is C22H20N2O4S. The number of carbonyl (C=O) groups is 1. The number of amides is 1. The van der Waals surface area contributed by atoms with Gasteiger partial charge in [0.2, 0.25) is 5.91 Å². The first kappa shape index (κ1) is 20.2. The Labute approximate surface area is 169 Å². The molecule has 0 unspecified atom stereocenters. The molecule has 3 aromatic carbocycles. The summed E-state index contributed by atoms with van der Waals surface area (Å²) in [6, 6.07) is 22.1. The van der Waals surface area contributed by atoms with E-state index in [1.54, 1.807) is 54.6 Å². The van der Waals surface area contributed by atoms with Crippen LogP contribution in [0.15, 0.2) is 89.8 Å². The minimum Gasteiger partial charge on any atom is -0.495 e. The van der Waals surface area contributed by atoms with Gasteiger partial charge in [-0.1, -0.05) is 42.5 Å². The van der Waals surface area contributed by atoms with E-state index < -0.39 is 10.0 Å². The van der Waals surface area contributed by atoms with Crippen LogP contribution in [0.3, 0.4) is 0 Å². The van der Waals surface area contributed by atoms with Crippen LogP contribution in [0.25, 0.3) is 6.08 Å². The Kier molecular flexibility index (Phi) is 6.31. The molecule has 0 atom stereocenters. The zero-order valence-electron chi connectivity index (χ0n) is 15.7. The van der Waals surface area contributed by atoms with Crippen LogP contribution in [0.2, 0.25) is 0 Å². The van der Waals surface area contributed by atoms with Gasteiger partial charge in [-0.3, -0.25) is 9.52 Å². The number of anilines is 2. The average Bonchev–Trinajstić information content (AvgIpc) is 2.73. The van der Waals surface area contributed by atoms with Gasteiger partial charge in [0.1, 0.15) is 5.75 Å². The number of hydrogen-bond acceptors (Lipinski definition) is 4. The van der Waals surface area contributed by atoms with Gasteiger partial charge in [0.15, 0.2) is 0 Å². The highest BCUT2D eigenvalue weighted by molar-refractivity contribution is 7.92. The summed E-state index contributed by atoms with van der Waals surface area (Å²) >= 11 is 0. The van der Waals surface area contributed by atoms with E-state index in [-0.39, 0.29) is 10.8 Å². The molecule has 1 amide bonds.